The van der Waals surface area contributed by atoms with Crippen LogP contribution in [0.5, 0.6) is 0 Å². The molecule has 9 nitrogen and oxygen atoms in total. The molecular weight excluding hydrogens is 454 g/mol. The second-order valence-corrected chi connectivity index (χ2v) is 11.7. The number of rotatable bonds is 5. The number of likely N-dealkylation sites (tertiary alicyclic amines) is 1. The Labute approximate surface area is 201 Å². The second kappa shape index (κ2) is 9.77. The van der Waals surface area contributed by atoms with Crippen molar-refractivity contribution < 1.29 is 18.0 Å². The Hall–Kier alpha value is -2.88. The van der Waals surface area contributed by atoms with Gasteiger partial charge in [0.25, 0.3) is 0 Å². The maximum atomic E-state index is 13.3. The summed E-state index contributed by atoms with van der Waals surface area (Å²) in [5, 5.41) is 7.51. The van der Waals surface area contributed by atoms with Crippen molar-refractivity contribution in [1.82, 2.24) is 19.6 Å². The monoisotopic (exact) mass is 487 g/mol. The first-order valence-corrected chi connectivity index (χ1v) is 13.6. The molecule has 184 valence electrons. The van der Waals surface area contributed by atoms with Gasteiger partial charge >= 0.3 is 6.03 Å². The number of sulfone groups is 1. The third kappa shape index (κ3) is 5.27. The molecule has 2 aliphatic rings. The lowest BCUT2D eigenvalue weighted by atomic mass is 9.96. The molecule has 0 saturated carbocycles. The summed E-state index contributed by atoms with van der Waals surface area (Å²) in [6.45, 7) is 5.26. The van der Waals surface area contributed by atoms with Gasteiger partial charge in [0, 0.05) is 43.6 Å². The molecule has 34 heavy (non-hydrogen) atoms. The first-order chi connectivity index (χ1) is 16.1. The van der Waals surface area contributed by atoms with Crippen molar-refractivity contribution in [3.8, 4) is 0 Å². The SMILES string of the molecule is Cc1nn([C@H]2CCS(=O)(=O)C2)c(C)c1CN(C)C(=O)[C@@H]1CCCN(C(=O)Nc2ccccc2)C1. The van der Waals surface area contributed by atoms with Gasteiger partial charge in [-0.25, -0.2) is 13.2 Å². The van der Waals surface area contributed by atoms with Gasteiger partial charge < -0.3 is 15.1 Å². The number of anilines is 1. The predicted octanol–water partition coefficient (Wildman–Crippen LogP) is 2.76. The van der Waals surface area contributed by atoms with E-state index in [2.05, 4.69) is 10.4 Å². The molecule has 2 atom stereocenters. The van der Waals surface area contributed by atoms with Gasteiger partial charge in [-0.2, -0.15) is 5.10 Å². The number of carbonyl (C=O) groups is 2. The number of nitrogens with zero attached hydrogens (tertiary/aromatic N) is 4. The maximum Gasteiger partial charge on any atom is 0.321 e. The second-order valence-electron chi connectivity index (χ2n) is 9.43. The number of carbonyl (C=O) groups excluding carboxylic acids is 2. The van der Waals surface area contributed by atoms with E-state index in [0.717, 1.165) is 35.5 Å². The molecule has 2 fully saturated rings. The van der Waals surface area contributed by atoms with E-state index in [0.29, 0.717) is 26.1 Å². The average molecular weight is 488 g/mol. The Kier molecular flexibility index (Phi) is 6.97. The van der Waals surface area contributed by atoms with Gasteiger partial charge in [0.05, 0.1) is 29.2 Å². The van der Waals surface area contributed by atoms with E-state index >= 15 is 0 Å². The van der Waals surface area contributed by atoms with E-state index in [1.54, 1.807) is 16.8 Å². The molecular formula is C24H33N5O4S. The Morgan fingerprint density at radius 1 is 1.18 bits per heavy atom. The van der Waals surface area contributed by atoms with E-state index in [1.807, 2.05) is 48.9 Å². The molecule has 0 aliphatic carbocycles. The van der Waals surface area contributed by atoms with Crippen LogP contribution in [0.1, 0.15) is 42.3 Å². The minimum Gasteiger partial charge on any atom is -0.341 e. The summed E-state index contributed by atoms with van der Waals surface area (Å²) in [4.78, 5) is 29.4. The highest BCUT2D eigenvalue weighted by Gasteiger charge is 2.33. The molecule has 0 radical (unpaired) electrons. The van der Waals surface area contributed by atoms with E-state index in [-0.39, 0.29) is 35.4 Å². The highest BCUT2D eigenvalue weighted by molar-refractivity contribution is 7.91. The Balaban J connectivity index is 1.39. The van der Waals surface area contributed by atoms with Gasteiger partial charge in [0.2, 0.25) is 5.91 Å². The number of hydrogen-bond donors (Lipinski definition) is 1. The van der Waals surface area contributed by atoms with Gasteiger partial charge in [0.1, 0.15) is 0 Å². The smallest absolute Gasteiger partial charge is 0.321 e. The number of urea groups is 1. The molecule has 10 heteroatoms. The maximum absolute atomic E-state index is 13.3. The molecule has 1 N–H and O–H groups in total. The summed E-state index contributed by atoms with van der Waals surface area (Å²) in [6.07, 6.45) is 2.09. The van der Waals surface area contributed by atoms with Crippen molar-refractivity contribution in [2.45, 2.75) is 45.7 Å². The highest BCUT2D eigenvalue weighted by Crippen LogP contribution is 2.28. The van der Waals surface area contributed by atoms with Crippen LogP contribution in [-0.2, 0) is 21.2 Å². The fourth-order valence-corrected chi connectivity index (χ4v) is 6.66. The minimum atomic E-state index is -3.01. The molecule has 4 rings (SSSR count). The van der Waals surface area contributed by atoms with Gasteiger partial charge in [0.15, 0.2) is 9.84 Å². The van der Waals surface area contributed by atoms with E-state index in [1.165, 1.54) is 0 Å². The van der Waals surface area contributed by atoms with Crippen LogP contribution >= 0.6 is 0 Å². The zero-order chi connectivity index (χ0) is 24.5. The molecule has 0 bridgehead atoms. The summed E-state index contributed by atoms with van der Waals surface area (Å²) < 4.78 is 25.6. The Bertz CT molecular complexity index is 1160. The first kappa shape index (κ1) is 24.3. The predicted molar refractivity (Wildman–Crippen MR) is 130 cm³/mol. The molecule has 2 aliphatic heterocycles. The first-order valence-electron chi connectivity index (χ1n) is 11.8. The number of hydrogen-bond acceptors (Lipinski definition) is 5. The fourth-order valence-electron chi connectivity index (χ4n) is 4.96. The third-order valence-electron chi connectivity index (χ3n) is 6.88. The summed E-state index contributed by atoms with van der Waals surface area (Å²) >= 11 is 0. The van der Waals surface area contributed by atoms with Crippen molar-refractivity contribution >= 4 is 27.5 Å². The number of para-hydroxylation sites is 1. The average Bonchev–Trinajstić information content (AvgIpc) is 3.32. The van der Waals surface area contributed by atoms with Crippen molar-refractivity contribution in [3.05, 3.63) is 47.3 Å². The zero-order valence-corrected chi connectivity index (χ0v) is 20.8. The van der Waals surface area contributed by atoms with Crippen LogP contribution in [-0.4, -0.2) is 71.6 Å². The van der Waals surface area contributed by atoms with Crippen molar-refractivity contribution in [2.24, 2.45) is 5.92 Å². The largest absolute Gasteiger partial charge is 0.341 e. The number of nitrogens with one attached hydrogen (secondary N) is 1. The van der Waals surface area contributed by atoms with Crippen LogP contribution < -0.4 is 5.32 Å². The van der Waals surface area contributed by atoms with Crippen LogP contribution in [0.3, 0.4) is 0 Å². The van der Waals surface area contributed by atoms with Gasteiger partial charge in [-0.15, -0.1) is 0 Å². The van der Waals surface area contributed by atoms with Crippen LogP contribution in [0.15, 0.2) is 30.3 Å². The summed E-state index contributed by atoms with van der Waals surface area (Å²) in [5.41, 5.74) is 3.41. The molecule has 1 aromatic heterocycles. The topological polar surface area (TPSA) is 105 Å². The molecule has 3 heterocycles. The number of aromatic nitrogens is 2. The summed E-state index contributed by atoms with van der Waals surface area (Å²) in [5.74, 6) is 0.0643. The minimum absolute atomic E-state index is 0.00667. The lowest BCUT2D eigenvalue weighted by Crippen LogP contribution is -2.47. The van der Waals surface area contributed by atoms with Crippen LogP contribution in [0.2, 0.25) is 0 Å². The Morgan fingerprint density at radius 2 is 1.91 bits per heavy atom. The van der Waals surface area contributed by atoms with Crippen molar-refractivity contribution in [2.75, 3.05) is 37.0 Å². The number of benzene rings is 1. The van der Waals surface area contributed by atoms with E-state index < -0.39 is 9.84 Å². The molecule has 2 aromatic rings. The quantitative estimate of drug-likeness (QED) is 0.698. The summed E-state index contributed by atoms with van der Waals surface area (Å²) in [6, 6.07) is 8.97. The van der Waals surface area contributed by atoms with E-state index in [4.69, 9.17) is 0 Å². The molecule has 1 aromatic carbocycles. The zero-order valence-electron chi connectivity index (χ0n) is 20.0. The van der Waals surface area contributed by atoms with Gasteiger partial charge in [-0.1, -0.05) is 18.2 Å². The molecule has 0 unspecified atom stereocenters. The van der Waals surface area contributed by atoms with Crippen molar-refractivity contribution in [3.63, 3.8) is 0 Å². The van der Waals surface area contributed by atoms with Gasteiger partial charge in [-0.05, 0) is 45.2 Å². The van der Waals surface area contributed by atoms with Crippen molar-refractivity contribution in [1.29, 1.82) is 0 Å². The lowest BCUT2D eigenvalue weighted by molar-refractivity contribution is -0.136. The van der Waals surface area contributed by atoms with Crippen LogP contribution in [0.25, 0.3) is 0 Å². The number of aryl methyl sites for hydroxylation is 1. The van der Waals surface area contributed by atoms with Crippen LogP contribution in [0, 0.1) is 19.8 Å². The number of amides is 3. The fraction of sp³-hybridized carbons (Fsp3) is 0.542. The molecule has 0 spiro atoms. The standard InChI is InChI=1S/C24H33N5O4S/c1-17-22(18(2)29(26-17)21-11-13-34(32,33)16-21)15-27(3)23(30)19-8-7-12-28(14-19)24(31)25-20-9-5-4-6-10-20/h4-6,9-10,19,21H,7-8,11-16H2,1-3H3,(H,25,31)/t19-,21+/m1/s1. The number of piperidine rings is 1. The lowest BCUT2D eigenvalue weighted by Gasteiger charge is -2.34. The van der Waals surface area contributed by atoms with Gasteiger partial charge in [-0.3, -0.25) is 9.48 Å². The van der Waals surface area contributed by atoms with E-state index in [9.17, 15) is 18.0 Å². The Morgan fingerprint density at radius 3 is 2.59 bits per heavy atom. The molecule has 3 amide bonds. The summed E-state index contributed by atoms with van der Waals surface area (Å²) in [7, 11) is -1.23. The molecule has 2 saturated heterocycles. The highest BCUT2D eigenvalue weighted by atomic mass is 32.2. The van der Waals surface area contributed by atoms with Crippen LogP contribution in [0.4, 0.5) is 10.5 Å². The normalized spacial score (nSPS) is 21.9. The third-order valence-corrected chi connectivity index (χ3v) is 8.63.